The van der Waals surface area contributed by atoms with Crippen molar-refractivity contribution in [2.45, 2.75) is 64.8 Å². The molecule has 3 nitrogen and oxygen atoms in total. The molecule has 0 saturated heterocycles. The van der Waals surface area contributed by atoms with E-state index in [0.717, 1.165) is 38.6 Å². The fourth-order valence-electron chi connectivity index (χ4n) is 2.60. The van der Waals surface area contributed by atoms with Crippen molar-refractivity contribution in [3.05, 3.63) is 0 Å². The lowest BCUT2D eigenvalue weighted by Gasteiger charge is -2.27. The molecule has 3 N–H and O–H groups in total. The van der Waals surface area contributed by atoms with Gasteiger partial charge in [0.15, 0.2) is 0 Å². The minimum atomic E-state index is 0.238. The highest BCUT2D eigenvalue weighted by Gasteiger charge is 2.26. The molecule has 0 aromatic carbocycles. The Labute approximate surface area is 106 Å². The van der Waals surface area contributed by atoms with E-state index in [4.69, 9.17) is 5.73 Å². The summed E-state index contributed by atoms with van der Waals surface area (Å²) in [6, 6.07) is 0.328. The molecule has 0 heterocycles. The van der Waals surface area contributed by atoms with Gasteiger partial charge < -0.3 is 11.1 Å². The summed E-state index contributed by atoms with van der Waals surface area (Å²) in [5.41, 5.74) is 5.66. The second-order valence-electron chi connectivity index (χ2n) is 5.51. The molecule has 1 rings (SSSR count). The van der Waals surface area contributed by atoms with E-state index in [0.29, 0.717) is 12.0 Å². The summed E-state index contributed by atoms with van der Waals surface area (Å²) >= 11 is 0. The molecule has 1 saturated carbocycles. The van der Waals surface area contributed by atoms with Crippen molar-refractivity contribution >= 4 is 5.91 Å². The fourth-order valence-corrected chi connectivity index (χ4v) is 2.60. The van der Waals surface area contributed by atoms with Crippen LogP contribution in [-0.2, 0) is 4.79 Å². The van der Waals surface area contributed by atoms with E-state index in [1.165, 1.54) is 12.8 Å². The highest BCUT2D eigenvalue weighted by molar-refractivity contribution is 5.78. The third-order valence-electron chi connectivity index (χ3n) is 3.93. The van der Waals surface area contributed by atoms with Crippen LogP contribution in [0, 0.1) is 11.8 Å². The van der Waals surface area contributed by atoms with Crippen LogP contribution >= 0.6 is 0 Å². The quantitative estimate of drug-likeness (QED) is 0.749. The van der Waals surface area contributed by atoms with Crippen molar-refractivity contribution in [3.63, 3.8) is 0 Å². The average Bonchev–Trinajstić information content (AvgIpc) is 2.36. The Morgan fingerprint density at radius 2 is 2.00 bits per heavy atom. The van der Waals surface area contributed by atoms with E-state index < -0.39 is 0 Å². The van der Waals surface area contributed by atoms with Crippen LogP contribution in [0.25, 0.3) is 0 Å². The number of carbonyl (C=O) groups is 1. The Morgan fingerprint density at radius 3 is 2.53 bits per heavy atom. The number of carbonyl (C=O) groups excluding carboxylic acids is 1. The molecule has 0 bridgehead atoms. The maximum absolute atomic E-state index is 12.0. The predicted octanol–water partition coefficient (Wildman–Crippen LogP) is 2.45. The second kappa shape index (κ2) is 7.70. The van der Waals surface area contributed by atoms with Gasteiger partial charge in [-0.2, -0.15) is 0 Å². The normalized spacial score (nSPS) is 26.5. The van der Waals surface area contributed by atoms with Crippen LogP contribution in [0.15, 0.2) is 0 Å². The van der Waals surface area contributed by atoms with Gasteiger partial charge in [0.2, 0.25) is 5.91 Å². The van der Waals surface area contributed by atoms with Gasteiger partial charge in [0.05, 0.1) is 0 Å². The maximum Gasteiger partial charge on any atom is 0.223 e. The van der Waals surface area contributed by atoms with Crippen LogP contribution in [0.5, 0.6) is 0 Å². The molecule has 1 aliphatic rings. The highest BCUT2D eigenvalue weighted by Crippen LogP contribution is 2.28. The van der Waals surface area contributed by atoms with Crippen molar-refractivity contribution in [2.24, 2.45) is 17.6 Å². The lowest BCUT2D eigenvalue weighted by atomic mass is 9.81. The zero-order chi connectivity index (χ0) is 12.7. The van der Waals surface area contributed by atoms with E-state index in [1.807, 2.05) is 0 Å². The standard InChI is InChI=1S/C14H28N2O/c1-3-4-5-11(2)16-14(17)13-8-6-12(10-15)7-9-13/h11-13H,3-10,15H2,1-2H3,(H,16,17). The molecular weight excluding hydrogens is 212 g/mol. The molecule has 0 aromatic rings. The first-order valence-electron chi connectivity index (χ1n) is 7.17. The Balaban J connectivity index is 2.24. The molecule has 100 valence electrons. The van der Waals surface area contributed by atoms with Crippen molar-refractivity contribution in [2.75, 3.05) is 6.54 Å². The topological polar surface area (TPSA) is 55.1 Å². The number of hydrogen-bond acceptors (Lipinski definition) is 2. The lowest BCUT2D eigenvalue weighted by molar-refractivity contribution is -0.126. The molecular formula is C14H28N2O. The zero-order valence-electron chi connectivity index (χ0n) is 11.4. The molecule has 3 heteroatoms. The number of nitrogens with one attached hydrogen (secondary N) is 1. The maximum atomic E-state index is 12.0. The Hall–Kier alpha value is -0.570. The molecule has 1 fully saturated rings. The lowest BCUT2D eigenvalue weighted by Crippen LogP contribution is -2.39. The summed E-state index contributed by atoms with van der Waals surface area (Å²) in [5, 5.41) is 3.15. The van der Waals surface area contributed by atoms with Gasteiger partial charge in [-0.05, 0) is 51.5 Å². The van der Waals surface area contributed by atoms with Crippen LogP contribution in [0.3, 0.4) is 0 Å². The molecule has 1 unspecified atom stereocenters. The molecule has 0 aromatic heterocycles. The molecule has 0 aliphatic heterocycles. The van der Waals surface area contributed by atoms with Gasteiger partial charge in [-0.1, -0.05) is 19.8 Å². The van der Waals surface area contributed by atoms with Crippen LogP contribution < -0.4 is 11.1 Å². The van der Waals surface area contributed by atoms with Gasteiger partial charge in [0, 0.05) is 12.0 Å². The minimum absolute atomic E-state index is 0.238. The molecule has 0 spiro atoms. The highest BCUT2D eigenvalue weighted by atomic mass is 16.1. The molecule has 1 atom stereocenters. The second-order valence-corrected chi connectivity index (χ2v) is 5.51. The number of unbranched alkanes of at least 4 members (excludes halogenated alkanes) is 1. The summed E-state index contributed by atoms with van der Waals surface area (Å²) in [6.07, 6.45) is 7.78. The van der Waals surface area contributed by atoms with E-state index >= 15 is 0 Å². The van der Waals surface area contributed by atoms with Crippen molar-refractivity contribution in [3.8, 4) is 0 Å². The molecule has 1 aliphatic carbocycles. The van der Waals surface area contributed by atoms with Gasteiger partial charge >= 0.3 is 0 Å². The summed E-state index contributed by atoms with van der Waals surface area (Å²) in [4.78, 5) is 12.0. The summed E-state index contributed by atoms with van der Waals surface area (Å²) in [7, 11) is 0. The zero-order valence-corrected chi connectivity index (χ0v) is 11.4. The summed E-state index contributed by atoms with van der Waals surface area (Å²) in [6.45, 7) is 5.07. The first kappa shape index (κ1) is 14.5. The molecule has 17 heavy (non-hydrogen) atoms. The van der Waals surface area contributed by atoms with Crippen molar-refractivity contribution < 1.29 is 4.79 Å². The van der Waals surface area contributed by atoms with Crippen LogP contribution in [0.1, 0.15) is 58.8 Å². The average molecular weight is 240 g/mol. The van der Waals surface area contributed by atoms with E-state index in [2.05, 4.69) is 19.2 Å². The Kier molecular flexibility index (Phi) is 6.56. The summed E-state index contributed by atoms with van der Waals surface area (Å²) < 4.78 is 0. The van der Waals surface area contributed by atoms with Crippen molar-refractivity contribution in [1.82, 2.24) is 5.32 Å². The van der Waals surface area contributed by atoms with Gasteiger partial charge in [0.1, 0.15) is 0 Å². The van der Waals surface area contributed by atoms with E-state index in [9.17, 15) is 4.79 Å². The molecule has 0 radical (unpaired) electrons. The largest absolute Gasteiger partial charge is 0.353 e. The van der Waals surface area contributed by atoms with E-state index in [1.54, 1.807) is 0 Å². The number of nitrogens with two attached hydrogens (primary N) is 1. The van der Waals surface area contributed by atoms with Gasteiger partial charge in [-0.3, -0.25) is 4.79 Å². The van der Waals surface area contributed by atoms with Gasteiger partial charge in [0.25, 0.3) is 0 Å². The molecule has 1 amide bonds. The predicted molar refractivity (Wildman–Crippen MR) is 71.6 cm³/mol. The minimum Gasteiger partial charge on any atom is -0.353 e. The Bertz CT molecular complexity index is 222. The third-order valence-corrected chi connectivity index (χ3v) is 3.93. The third kappa shape index (κ3) is 5.07. The smallest absolute Gasteiger partial charge is 0.223 e. The summed E-state index contributed by atoms with van der Waals surface area (Å²) in [5.74, 6) is 1.16. The number of amides is 1. The van der Waals surface area contributed by atoms with Crippen LogP contribution in [0.4, 0.5) is 0 Å². The van der Waals surface area contributed by atoms with E-state index in [-0.39, 0.29) is 11.8 Å². The van der Waals surface area contributed by atoms with Gasteiger partial charge in [-0.25, -0.2) is 0 Å². The first-order valence-corrected chi connectivity index (χ1v) is 7.17. The SMILES string of the molecule is CCCCC(C)NC(=O)C1CCC(CN)CC1. The number of rotatable bonds is 6. The Morgan fingerprint density at radius 1 is 1.35 bits per heavy atom. The number of hydrogen-bond donors (Lipinski definition) is 2. The van der Waals surface area contributed by atoms with Gasteiger partial charge in [-0.15, -0.1) is 0 Å². The monoisotopic (exact) mass is 240 g/mol. The van der Waals surface area contributed by atoms with Crippen molar-refractivity contribution in [1.29, 1.82) is 0 Å². The van der Waals surface area contributed by atoms with Crippen LogP contribution in [-0.4, -0.2) is 18.5 Å². The fraction of sp³-hybridized carbons (Fsp3) is 0.929. The van der Waals surface area contributed by atoms with Crippen LogP contribution in [0.2, 0.25) is 0 Å². The first-order chi connectivity index (χ1) is 8.17.